The summed E-state index contributed by atoms with van der Waals surface area (Å²) in [5.74, 6) is -1.15. The van der Waals surface area contributed by atoms with E-state index in [2.05, 4.69) is 5.32 Å². The molecule has 0 saturated heterocycles. The maximum absolute atomic E-state index is 13.0. The van der Waals surface area contributed by atoms with Crippen LogP contribution in [0.25, 0.3) is 0 Å². The number of aliphatic hydroxyl groups is 1. The zero-order chi connectivity index (χ0) is 25.1. The highest BCUT2D eigenvalue weighted by Gasteiger charge is 2.53. The van der Waals surface area contributed by atoms with Crippen molar-refractivity contribution in [1.29, 1.82) is 0 Å². The van der Waals surface area contributed by atoms with Crippen LogP contribution in [0.5, 0.6) is 5.75 Å². The number of hydrogen-bond acceptors (Lipinski definition) is 4. The number of nitrogens with one attached hydrogen (secondary N) is 1. The van der Waals surface area contributed by atoms with Crippen molar-refractivity contribution in [2.24, 2.45) is 16.7 Å². The Morgan fingerprint density at radius 1 is 1.12 bits per heavy atom. The topological polar surface area (TPSA) is 95.9 Å². The molecule has 1 fully saturated rings. The normalized spacial score (nSPS) is 22.2. The van der Waals surface area contributed by atoms with Gasteiger partial charge in [0.1, 0.15) is 18.4 Å². The average Bonchev–Trinajstić information content (AvgIpc) is 3.03. The van der Waals surface area contributed by atoms with Crippen LogP contribution in [0.3, 0.4) is 0 Å². The van der Waals surface area contributed by atoms with E-state index in [4.69, 9.17) is 27.9 Å². The molecule has 0 aliphatic heterocycles. The first kappa shape index (κ1) is 26.3. The number of halogens is 2. The third-order valence-electron chi connectivity index (χ3n) is 7.50. The van der Waals surface area contributed by atoms with Crippen LogP contribution in [0.15, 0.2) is 42.5 Å². The van der Waals surface area contributed by atoms with E-state index in [1.807, 2.05) is 20.8 Å². The van der Waals surface area contributed by atoms with Gasteiger partial charge in [0.15, 0.2) is 0 Å². The molecule has 2 aromatic carbocycles. The van der Waals surface area contributed by atoms with Gasteiger partial charge in [-0.2, -0.15) is 0 Å². The molecule has 0 aromatic heterocycles. The van der Waals surface area contributed by atoms with Gasteiger partial charge in [-0.05, 0) is 53.5 Å². The van der Waals surface area contributed by atoms with Crippen LogP contribution in [0.2, 0.25) is 10.0 Å². The lowest BCUT2D eigenvalue weighted by atomic mass is 9.66. The molecule has 1 saturated carbocycles. The van der Waals surface area contributed by atoms with Gasteiger partial charge in [0, 0.05) is 34.6 Å². The number of carboxylic acids is 1. The van der Waals surface area contributed by atoms with E-state index in [9.17, 15) is 19.8 Å². The van der Waals surface area contributed by atoms with Crippen LogP contribution in [-0.4, -0.2) is 34.7 Å². The first-order valence-corrected chi connectivity index (χ1v) is 12.0. The van der Waals surface area contributed by atoms with Crippen molar-refractivity contribution >= 4 is 35.1 Å². The summed E-state index contributed by atoms with van der Waals surface area (Å²) in [6.45, 7) is 6.09. The lowest BCUT2D eigenvalue weighted by molar-refractivity contribution is -0.143. The Morgan fingerprint density at radius 2 is 1.74 bits per heavy atom. The van der Waals surface area contributed by atoms with Crippen molar-refractivity contribution in [3.05, 3.63) is 63.6 Å². The van der Waals surface area contributed by atoms with Crippen LogP contribution in [0, 0.1) is 16.7 Å². The SMILES string of the molecule is CC1(CO)CCC(C(=O)N[C@@H](Cc2ccc(OCc3c(Cl)cccc3Cl)cc2)C(=O)O)C1(C)C. The lowest BCUT2D eigenvalue weighted by Gasteiger charge is -2.40. The van der Waals surface area contributed by atoms with Crippen molar-refractivity contribution in [2.75, 3.05) is 6.61 Å². The summed E-state index contributed by atoms with van der Waals surface area (Å²) < 4.78 is 5.77. The number of amides is 1. The molecule has 3 rings (SSSR count). The predicted octanol–water partition coefficient (Wildman–Crippen LogP) is 5.12. The Balaban J connectivity index is 1.62. The third kappa shape index (κ3) is 5.51. The summed E-state index contributed by atoms with van der Waals surface area (Å²) in [4.78, 5) is 24.9. The van der Waals surface area contributed by atoms with Crippen LogP contribution in [0.1, 0.15) is 44.7 Å². The Kier molecular flexibility index (Phi) is 8.17. The smallest absolute Gasteiger partial charge is 0.326 e. The second-order valence-corrected chi connectivity index (χ2v) is 10.6. The summed E-state index contributed by atoms with van der Waals surface area (Å²) in [5, 5.41) is 23.3. The van der Waals surface area contributed by atoms with Gasteiger partial charge in [0.2, 0.25) is 5.91 Å². The van der Waals surface area contributed by atoms with Gasteiger partial charge in [-0.15, -0.1) is 0 Å². The molecular formula is C26H31Cl2NO5. The Bertz CT molecular complexity index is 1020. The van der Waals surface area contributed by atoms with Crippen molar-refractivity contribution in [3.8, 4) is 5.75 Å². The molecular weight excluding hydrogens is 477 g/mol. The summed E-state index contributed by atoms with van der Waals surface area (Å²) in [6.07, 6.45) is 1.47. The van der Waals surface area contributed by atoms with Crippen LogP contribution >= 0.6 is 23.2 Å². The van der Waals surface area contributed by atoms with Gasteiger partial charge in [-0.25, -0.2) is 4.79 Å². The fourth-order valence-electron chi connectivity index (χ4n) is 4.56. The first-order valence-electron chi connectivity index (χ1n) is 11.3. The minimum atomic E-state index is -1.09. The fraction of sp³-hybridized carbons (Fsp3) is 0.462. The molecule has 1 amide bonds. The molecule has 1 aliphatic carbocycles. The van der Waals surface area contributed by atoms with Gasteiger partial charge in [0.05, 0.1) is 0 Å². The highest BCUT2D eigenvalue weighted by atomic mass is 35.5. The predicted molar refractivity (Wildman–Crippen MR) is 132 cm³/mol. The summed E-state index contributed by atoms with van der Waals surface area (Å²) in [7, 11) is 0. The molecule has 0 radical (unpaired) electrons. The maximum atomic E-state index is 13.0. The number of ether oxygens (including phenoxy) is 1. The highest BCUT2D eigenvalue weighted by molar-refractivity contribution is 6.35. The molecule has 2 aromatic rings. The average molecular weight is 508 g/mol. The Labute approximate surface area is 210 Å². The zero-order valence-corrected chi connectivity index (χ0v) is 21.1. The molecule has 1 aliphatic rings. The highest BCUT2D eigenvalue weighted by Crippen LogP contribution is 2.55. The minimum Gasteiger partial charge on any atom is -0.489 e. The van der Waals surface area contributed by atoms with Crippen molar-refractivity contribution in [3.63, 3.8) is 0 Å². The maximum Gasteiger partial charge on any atom is 0.326 e. The van der Waals surface area contributed by atoms with Crippen molar-refractivity contribution in [1.82, 2.24) is 5.32 Å². The molecule has 3 atom stereocenters. The van der Waals surface area contributed by atoms with E-state index in [0.717, 1.165) is 5.56 Å². The monoisotopic (exact) mass is 507 g/mol. The van der Waals surface area contributed by atoms with E-state index in [0.29, 0.717) is 34.2 Å². The number of aliphatic carboxylic acids is 1. The first-order chi connectivity index (χ1) is 16.0. The second kappa shape index (κ2) is 10.5. The van der Waals surface area contributed by atoms with E-state index >= 15 is 0 Å². The quantitative estimate of drug-likeness (QED) is 0.437. The molecule has 0 spiro atoms. The molecule has 8 heteroatoms. The summed E-state index contributed by atoms with van der Waals surface area (Å²) in [5.41, 5.74) is 0.619. The number of rotatable bonds is 9. The van der Waals surface area contributed by atoms with Gasteiger partial charge in [-0.1, -0.05) is 62.2 Å². The van der Waals surface area contributed by atoms with Gasteiger partial charge in [-0.3, -0.25) is 4.79 Å². The van der Waals surface area contributed by atoms with Crippen LogP contribution in [-0.2, 0) is 22.6 Å². The number of benzene rings is 2. The minimum absolute atomic E-state index is 0.0107. The van der Waals surface area contributed by atoms with Crippen LogP contribution < -0.4 is 10.1 Å². The Hall–Kier alpha value is -2.28. The molecule has 2 unspecified atom stereocenters. The fourth-order valence-corrected chi connectivity index (χ4v) is 5.07. The molecule has 184 valence electrons. The number of carbonyl (C=O) groups is 2. The van der Waals surface area contributed by atoms with E-state index in [1.54, 1.807) is 42.5 Å². The second-order valence-electron chi connectivity index (χ2n) is 9.77. The lowest BCUT2D eigenvalue weighted by Crippen LogP contribution is -2.49. The zero-order valence-electron chi connectivity index (χ0n) is 19.6. The van der Waals surface area contributed by atoms with E-state index < -0.39 is 17.4 Å². The largest absolute Gasteiger partial charge is 0.489 e. The van der Waals surface area contributed by atoms with Gasteiger partial charge < -0.3 is 20.3 Å². The molecule has 6 nitrogen and oxygen atoms in total. The van der Waals surface area contributed by atoms with Crippen LogP contribution in [0.4, 0.5) is 0 Å². The molecule has 34 heavy (non-hydrogen) atoms. The standard InChI is InChI=1S/C26H31Cl2NO5/c1-25(2)19(11-12-26(25,3)15-30)23(31)29-22(24(32)33)13-16-7-9-17(10-8-16)34-14-18-20(27)5-4-6-21(18)28/h4-10,19,22,30H,11-15H2,1-3H3,(H,29,31)(H,32,33)/t19?,22-,26?/m0/s1. The number of carbonyl (C=O) groups excluding carboxylic acids is 1. The summed E-state index contributed by atoms with van der Waals surface area (Å²) >= 11 is 12.3. The van der Waals surface area contributed by atoms with Crippen molar-refractivity contribution in [2.45, 2.75) is 52.7 Å². The number of hydrogen-bond donors (Lipinski definition) is 3. The van der Waals surface area contributed by atoms with E-state index in [-0.39, 0.29) is 36.9 Å². The molecule has 0 heterocycles. The van der Waals surface area contributed by atoms with Gasteiger partial charge in [0.25, 0.3) is 0 Å². The number of aliphatic hydroxyl groups excluding tert-OH is 1. The van der Waals surface area contributed by atoms with E-state index in [1.165, 1.54) is 0 Å². The summed E-state index contributed by atoms with van der Waals surface area (Å²) in [6, 6.07) is 11.2. The molecule has 0 bridgehead atoms. The third-order valence-corrected chi connectivity index (χ3v) is 8.21. The van der Waals surface area contributed by atoms with Crippen molar-refractivity contribution < 1.29 is 24.5 Å². The van der Waals surface area contributed by atoms with Gasteiger partial charge >= 0.3 is 5.97 Å². The molecule has 3 N–H and O–H groups in total. The number of carboxylic acid groups (broad SMARTS) is 1. The Morgan fingerprint density at radius 3 is 2.26 bits per heavy atom.